The molecule has 0 radical (unpaired) electrons. The summed E-state index contributed by atoms with van der Waals surface area (Å²) in [5.41, 5.74) is 0.176. The number of benzene rings is 2. The molecule has 0 aromatic heterocycles. The van der Waals surface area contributed by atoms with Gasteiger partial charge in [-0.1, -0.05) is 24.3 Å². The van der Waals surface area contributed by atoms with Crippen molar-refractivity contribution < 1.29 is 22.2 Å². The molecular weight excluding hydrogens is 353 g/mol. The van der Waals surface area contributed by atoms with Crippen molar-refractivity contribution in [1.29, 1.82) is 5.26 Å². The molecule has 0 aliphatic heterocycles. The minimum atomic E-state index is -4.47. The molecule has 0 saturated heterocycles. The lowest BCUT2D eigenvalue weighted by molar-refractivity contribution is -0.137. The van der Waals surface area contributed by atoms with Crippen LogP contribution < -0.4 is 5.32 Å². The summed E-state index contributed by atoms with van der Waals surface area (Å²) < 4.78 is 50.0. The zero-order valence-corrected chi connectivity index (χ0v) is 13.7. The fourth-order valence-corrected chi connectivity index (χ4v) is 3.10. The predicted molar refractivity (Wildman–Crippen MR) is 87.9 cm³/mol. The van der Waals surface area contributed by atoms with Gasteiger partial charge < -0.3 is 5.32 Å². The standard InChI is InChI=1S/C17H13F3N2O2S/c18-17(19,20)14-5-1-4-13(7-14)10-25(24)11-16(23)22-15-6-2-3-12(8-15)9-21/h1-8H,10-11H2,(H,22,23). The summed E-state index contributed by atoms with van der Waals surface area (Å²) in [6.07, 6.45) is -4.47. The number of rotatable bonds is 5. The van der Waals surface area contributed by atoms with Gasteiger partial charge in [-0.05, 0) is 29.8 Å². The lowest BCUT2D eigenvalue weighted by atomic mass is 10.1. The number of carbonyl (C=O) groups excluding carboxylic acids is 1. The van der Waals surface area contributed by atoms with Crippen molar-refractivity contribution in [2.24, 2.45) is 0 Å². The number of carbonyl (C=O) groups is 1. The quantitative estimate of drug-likeness (QED) is 0.881. The zero-order chi connectivity index (χ0) is 18.4. The average Bonchev–Trinajstić information content (AvgIpc) is 2.54. The van der Waals surface area contributed by atoms with Crippen molar-refractivity contribution in [3.63, 3.8) is 0 Å². The SMILES string of the molecule is N#Cc1cccc(NC(=O)CS(=O)Cc2cccc(C(F)(F)F)c2)c1. The van der Waals surface area contributed by atoms with Crippen LogP contribution in [-0.4, -0.2) is 15.9 Å². The summed E-state index contributed by atoms with van der Waals surface area (Å²) >= 11 is 0. The van der Waals surface area contributed by atoms with Crippen LogP contribution >= 0.6 is 0 Å². The van der Waals surface area contributed by atoms with E-state index in [1.165, 1.54) is 18.2 Å². The monoisotopic (exact) mass is 366 g/mol. The van der Waals surface area contributed by atoms with E-state index >= 15 is 0 Å². The Morgan fingerprint density at radius 3 is 2.56 bits per heavy atom. The molecule has 130 valence electrons. The third kappa shape index (κ3) is 5.72. The Hall–Kier alpha value is -2.66. The third-order valence-corrected chi connectivity index (χ3v) is 4.39. The Balaban J connectivity index is 1.96. The van der Waals surface area contributed by atoms with Crippen molar-refractivity contribution in [2.75, 3.05) is 11.1 Å². The maximum absolute atomic E-state index is 12.7. The van der Waals surface area contributed by atoms with Gasteiger partial charge in [0.1, 0.15) is 5.75 Å². The fraction of sp³-hybridized carbons (Fsp3) is 0.176. The molecule has 2 aromatic rings. The molecule has 25 heavy (non-hydrogen) atoms. The van der Waals surface area contributed by atoms with Crippen LogP contribution in [0.4, 0.5) is 18.9 Å². The van der Waals surface area contributed by atoms with Crippen molar-refractivity contribution >= 4 is 22.4 Å². The Bertz CT molecular complexity index is 844. The summed E-state index contributed by atoms with van der Waals surface area (Å²) in [5, 5.41) is 11.3. The topological polar surface area (TPSA) is 70.0 Å². The molecule has 8 heteroatoms. The van der Waals surface area contributed by atoms with Gasteiger partial charge in [0.15, 0.2) is 0 Å². The highest BCUT2D eigenvalue weighted by molar-refractivity contribution is 7.84. The summed E-state index contributed by atoms with van der Waals surface area (Å²) in [7, 11) is -1.66. The van der Waals surface area contributed by atoms with Crippen LogP contribution in [0.3, 0.4) is 0 Å². The first-order valence-electron chi connectivity index (χ1n) is 7.09. The summed E-state index contributed by atoms with van der Waals surface area (Å²) in [6.45, 7) is 0. The van der Waals surface area contributed by atoms with Crippen LogP contribution in [0.1, 0.15) is 16.7 Å². The highest BCUT2D eigenvalue weighted by Gasteiger charge is 2.30. The molecule has 1 unspecified atom stereocenters. The van der Waals surface area contributed by atoms with E-state index in [0.717, 1.165) is 12.1 Å². The number of nitrogens with one attached hydrogen (secondary N) is 1. The molecule has 2 aromatic carbocycles. The minimum Gasteiger partial charge on any atom is -0.325 e. The molecular formula is C17H13F3N2O2S. The number of hydrogen-bond acceptors (Lipinski definition) is 3. The Kier molecular flexibility index (Phi) is 5.93. The van der Waals surface area contributed by atoms with Gasteiger partial charge in [-0.2, -0.15) is 18.4 Å². The van der Waals surface area contributed by atoms with Crippen LogP contribution in [-0.2, 0) is 27.5 Å². The first-order valence-corrected chi connectivity index (χ1v) is 8.58. The van der Waals surface area contributed by atoms with E-state index in [2.05, 4.69) is 5.32 Å². The van der Waals surface area contributed by atoms with E-state index in [9.17, 15) is 22.2 Å². The van der Waals surface area contributed by atoms with E-state index in [4.69, 9.17) is 5.26 Å². The van der Waals surface area contributed by atoms with E-state index in [-0.39, 0.29) is 17.1 Å². The smallest absolute Gasteiger partial charge is 0.325 e. The van der Waals surface area contributed by atoms with Crippen LogP contribution in [0.25, 0.3) is 0 Å². The molecule has 0 aliphatic carbocycles. The molecule has 2 rings (SSSR count). The summed E-state index contributed by atoms with van der Waals surface area (Å²) in [4.78, 5) is 11.9. The second-order valence-electron chi connectivity index (χ2n) is 5.17. The van der Waals surface area contributed by atoms with Crippen molar-refractivity contribution in [3.05, 3.63) is 65.2 Å². The molecule has 0 spiro atoms. The first kappa shape index (κ1) is 18.7. The van der Waals surface area contributed by atoms with E-state index in [0.29, 0.717) is 11.3 Å². The van der Waals surface area contributed by atoms with Crippen molar-refractivity contribution in [2.45, 2.75) is 11.9 Å². The summed E-state index contributed by atoms with van der Waals surface area (Å²) in [5.74, 6) is -1.05. The van der Waals surface area contributed by atoms with E-state index in [1.54, 1.807) is 18.2 Å². The number of nitrogens with zero attached hydrogens (tertiary/aromatic N) is 1. The molecule has 0 saturated carbocycles. The second-order valence-corrected chi connectivity index (χ2v) is 6.62. The number of amides is 1. The van der Waals surface area contributed by atoms with Gasteiger partial charge >= 0.3 is 6.18 Å². The first-order chi connectivity index (χ1) is 11.8. The van der Waals surface area contributed by atoms with Gasteiger partial charge in [0.05, 0.1) is 17.2 Å². The van der Waals surface area contributed by atoms with Crippen LogP contribution in [0.15, 0.2) is 48.5 Å². The van der Waals surface area contributed by atoms with E-state index in [1.807, 2.05) is 6.07 Å². The maximum atomic E-state index is 12.7. The predicted octanol–water partition coefficient (Wildman–Crippen LogP) is 3.46. The van der Waals surface area contributed by atoms with Crippen molar-refractivity contribution in [3.8, 4) is 6.07 Å². The highest BCUT2D eigenvalue weighted by Crippen LogP contribution is 2.29. The van der Waals surface area contributed by atoms with Crippen LogP contribution in [0.5, 0.6) is 0 Å². The van der Waals surface area contributed by atoms with Gasteiger partial charge in [-0.3, -0.25) is 9.00 Å². The summed E-state index contributed by atoms with van der Waals surface area (Å²) in [6, 6.07) is 12.7. The molecule has 1 N–H and O–H groups in total. The molecule has 0 aliphatic rings. The molecule has 1 amide bonds. The largest absolute Gasteiger partial charge is 0.416 e. The van der Waals surface area contributed by atoms with Crippen molar-refractivity contribution in [1.82, 2.24) is 0 Å². The maximum Gasteiger partial charge on any atom is 0.416 e. The van der Waals surface area contributed by atoms with E-state index < -0.39 is 28.4 Å². The molecule has 0 bridgehead atoms. The normalized spacial score (nSPS) is 12.2. The molecule has 1 atom stereocenters. The van der Waals surface area contributed by atoms with Gasteiger partial charge in [0.25, 0.3) is 0 Å². The van der Waals surface area contributed by atoms with Gasteiger partial charge in [-0.25, -0.2) is 0 Å². The molecule has 0 fully saturated rings. The number of hydrogen-bond donors (Lipinski definition) is 1. The van der Waals surface area contributed by atoms with Gasteiger partial charge in [0, 0.05) is 22.2 Å². The lowest BCUT2D eigenvalue weighted by Crippen LogP contribution is -2.20. The zero-order valence-electron chi connectivity index (χ0n) is 12.8. The molecule has 4 nitrogen and oxygen atoms in total. The second kappa shape index (κ2) is 7.94. The van der Waals surface area contributed by atoms with Gasteiger partial charge in [0.2, 0.25) is 5.91 Å². The average molecular weight is 366 g/mol. The lowest BCUT2D eigenvalue weighted by Gasteiger charge is -2.09. The Labute approximate surface area is 144 Å². The minimum absolute atomic E-state index is 0.157. The fourth-order valence-electron chi connectivity index (χ4n) is 2.08. The van der Waals surface area contributed by atoms with Crippen LogP contribution in [0, 0.1) is 11.3 Å². The third-order valence-electron chi connectivity index (χ3n) is 3.15. The molecule has 0 heterocycles. The number of nitriles is 1. The Morgan fingerprint density at radius 2 is 1.88 bits per heavy atom. The van der Waals surface area contributed by atoms with Crippen LogP contribution in [0.2, 0.25) is 0 Å². The Morgan fingerprint density at radius 1 is 1.16 bits per heavy atom. The number of anilines is 1. The highest BCUT2D eigenvalue weighted by atomic mass is 32.2. The van der Waals surface area contributed by atoms with Gasteiger partial charge in [-0.15, -0.1) is 0 Å². The number of alkyl halides is 3. The number of halogens is 3.